The molecule has 18 heavy (non-hydrogen) atoms. The molecule has 1 saturated heterocycles. The van der Waals surface area contributed by atoms with Crippen molar-refractivity contribution in [2.75, 3.05) is 13.1 Å². The van der Waals surface area contributed by atoms with E-state index >= 15 is 0 Å². The molecule has 4 nitrogen and oxygen atoms in total. The smallest absolute Gasteiger partial charge is 0.124 e. The minimum atomic E-state index is 0.576. The van der Waals surface area contributed by atoms with Gasteiger partial charge in [-0.15, -0.1) is 0 Å². The molecule has 102 valence electrons. The number of aromatic nitrogens is 1. The zero-order chi connectivity index (χ0) is 13.1. The van der Waals surface area contributed by atoms with Gasteiger partial charge in [0.1, 0.15) is 6.26 Å². The molecular formula is C14H25N3O. The van der Waals surface area contributed by atoms with Crippen LogP contribution >= 0.6 is 0 Å². The van der Waals surface area contributed by atoms with Gasteiger partial charge in [-0.3, -0.25) is 4.90 Å². The van der Waals surface area contributed by atoms with Crippen molar-refractivity contribution in [3.63, 3.8) is 0 Å². The summed E-state index contributed by atoms with van der Waals surface area (Å²) in [6.45, 7) is 12.2. The Kier molecular flexibility index (Phi) is 4.40. The fraction of sp³-hybridized carbons (Fsp3) is 0.786. The third-order valence-electron chi connectivity index (χ3n) is 3.92. The molecule has 2 unspecified atom stereocenters. The van der Waals surface area contributed by atoms with Crippen molar-refractivity contribution in [2.24, 2.45) is 11.8 Å². The molecule has 2 atom stereocenters. The van der Waals surface area contributed by atoms with Gasteiger partial charge in [-0.25, -0.2) is 0 Å². The molecule has 0 radical (unpaired) electrons. The van der Waals surface area contributed by atoms with Crippen LogP contribution in [0.5, 0.6) is 0 Å². The summed E-state index contributed by atoms with van der Waals surface area (Å²) in [6.07, 6.45) is 1.65. The van der Waals surface area contributed by atoms with Crippen LogP contribution in [0.3, 0.4) is 0 Å². The van der Waals surface area contributed by atoms with Gasteiger partial charge in [-0.05, 0) is 11.8 Å². The van der Waals surface area contributed by atoms with E-state index in [1.54, 1.807) is 6.26 Å². The third kappa shape index (κ3) is 3.12. The van der Waals surface area contributed by atoms with Crippen LogP contribution in [0, 0.1) is 11.8 Å². The molecule has 1 aliphatic rings. The Morgan fingerprint density at radius 3 is 2.72 bits per heavy atom. The number of rotatable bonds is 4. The topological polar surface area (TPSA) is 41.3 Å². The Balaban J connectivity index is 2.04. The van der Waals surface area contributed by atoms with Crippen molar-refractivity contribution in [1.82, 2.24) is 15.4 Å². The number of nitrogens with zero attached hydrogens (tertiary/aromatic N) is 2. The van der Waals surface area contributed by atoms with Gasteiger partial charge in [0.25, 0.3) is 0 Å². The molecular weight excluding hydrogens is 226 g/mol. The highest BCUT2D eigenvalue weighted by Crippen LogP contribution is 2.20. The molecule has 4 heteroatoms. The zero-order valence-corrected chi connectivity index (χ0v) is 11.9. The fourth-order valence-electron chi connectivity index (χ4n) is 2.67. The lowest BCUT2D eigenvalue weighted by Crippen LogP contribution is -2.59. The lowest BCUT2D eigenvalue weighted by Gasteiger charge is -2.43. The van der Waals surface area contributed by atoms with Gasteiger partial charge in [0.2, 0.25) is 0 Å². The summed E-state index contributed by atoms with van der Waals surface area (Å²) in [7, 11) is 0. The van der Waals surface area contributed by atoms with Crippen LogP contribution in [-0.4, -0.2) is 35.2 Å². The van der Waals surface area contributed by atoms with Gasteiger partial charge in [0.15, 0.2) is 0 Å². The first-order valence-corrected chi connectivity index (χ1v) is 6.94. The molecule has 2 rings (SSSR count). The standard InChI is InChI=1S/C14H25N3O/c1-10(2)13-9-17(8-12-5-6-18-16-12)14(7-15-13)11(3)4/h5-6,10-11,13-15H,7-9H2,1-4H3. The van der Waals surface area contributed by atoms with Crippen molar-refractivity contribution in [3.8, 4) is 0 Å². The van der Waals surface area contributed by atoms with Gasteiger partial charge in [-0.1, -0.05) is 32.9 Å². The van der Waals surface area contributed by atoms with Crippen LogP contribution in [-0.2, 0) is 6.54 Å². The highest BCUT2D eigenvalue weighted by Gasteiger charge is 2.31. The fourth-order valence-corrected chi connectivity index (χ4v) is 2.67. The predicted octanol–water partition coefficient (Wildman–Crippen LogP) is 2.13. The van der Waals surface area contributed by atoms with E-state index in [0.717, 1.165) is 25.3 Å². The lowest BCUT2D eigenvalue weighted by molar-refractivity contribution is 0.0763. The maximum absolute atomic E-state index is 4.93. The van der Waals surface area contributed by atoms with E-state index in [-0.39, 0.29) is 0 Å². The van der Waals surface area contributed by atoms with Gasteiger partial charge in [0.05, 0.1) is 5.69 Å². The van der Waals surface area contributed by atoms with E-state index in [4.69, 9.17) is 4.52 Å². The Morgan fingerprint density at radius 2 is 2.17 bits per heavy atom. The van der Waals surface area contributed by atoms with Crippen molar-refractivity contribution < 1.29 is 4.52 Å². The van der Waals surface area contributed by atoms with Crippen molar-refractivity contribution in [1.29, 1.82) is 0 Å². The average molecular weight is 251 g/mol. The monoisotopic (exact) mass is 251 g/mol. The van der Waals surface area contributed by atoms with Gasteiger partial charge >= 0.3 is 0 Å². The molecule has 0 spiro atoms. The Labute approximate surface area is 110 Å². The normalized spacial score (nSPS) is 26.1. The maximum atomic E-state index is 4.93. The summed E-state index contributed by atoms with van der Waals surface area (Å²) in [6, 6.07) is 3.12. The Morgan fingerprint density at radius 1 is 1.39 bits per heavy atom. The predicted molar refractivity (Wildman–Crippen MR) is 72.2 cm³/mol. The molecule has 0 aromatic carbocycles. The number of piperazine rings is 1. The van der Waals surface area contributed by atoms with Crippen molar-refractivity contribution in [2.45, 2.75) is 46.3 Å². The second-order valence-corrected chi connectivity index (χ2v) is 5.99. The molecule has 1 fully saturated rings. The molecule has 0 aliphatic carbocycles. The number of hydrogen-bond acceptors (Lipinski definition) is 4. The molecule has 0 saturated carbocycles. The van der Waals surface area contributed by atoms with E-state index in [1.807, 2.05) is 6.07 Å². The van der Waals surface area contributed by atoms with E-state index in [9.17, 15) is 0 Å². The lowest BCUT2D eigenvalue weighted by atomic mass is 9.94. The molecule has 1 aliphatic heterocycles. The second kappa shape index (κ2) is 5.85. The summed E-state index contributed by atoms with van der Waals surface area (Å²) in [5.41, 5.74) is 1.03. The summed E-state index contributed by atoms with van der Waals surface area (Å²) >= 11 is 0. The highest BCUT2D eigenvalue weighted by molar-refractivity contribution is 4.98. The SMILES string of the molecule is CC(C)C1CN(Cc2ccon2)C(C(C)C)CN1. The van der Waals surface area contributed by atoms with E-state index < -0.39 is 0 Å². The molecule has 0 bridgehead atoms. The summed E-state index contributed by atoms with van der Waals surface area (Å²) < 4.78 is 4.93. The molecule has 1 aromatic heterocycles. The maximum Gasteiger partial charge on any atom is 0.124 e. The van der Waals surface area contributed by atoms with Crippen LogP contribution in [0.25, 0.3) is 0 Å². The minimum Gasteiger partial charge on any atom is -0.364 e. The van der Waals surface area contributed by atoms with Crippen LogP contribution in [0.1, 0.15) is 33.4 Å². The quantitative estimate of drug-likeness (QED) is 0.890. The van der Waals surface area contributed by atoms with Crippen molar-refractivity contribution in [3.05, 3.63) is 18.0 Å². The van der Waals surface area contributed by atoms with Gasteiger partial charge in [0, 0.05) is 37.8 Å². The first-order chi connectivity index (χ1) is 8.58. The van der Waals surface area contributed by atoms with Gasteiger partial charge in [-0.2, -0.15) is 0 Å². The number of nitrogens with one attached hydrogen (secondary N) is 1. The Bertz CT molecular complexity index is 348. The molecule has 2 heterocycles. The highest BCUT2D eigenvalue weighted by atomic mass is 16.5. The van der Waals surface area contributed by atoms with Crippen LogP contribution < -0.4 is 5.32 Å². The zero-order valence-electron chi connectivity index (χ0n) is 11.9. The first-order valence-electron chi connectivity index (χ1n) is 6.94. The Hall–Kier alpha value is -0.870. The average Bonchev–Trinajstić information content (AvgIpc) is 2.81. The third-order valence-corrected chi connectivity index (χ3v) is 3.92. The van der Waals surface area contributed by atoms with Crippen LogP contribution in [0.4, 0.5) is 0 Å². The van der Waals surface area contributed by atoms with E-state index in [0.29, 0.717) is 23.9 Å². The van der Waals surface area contributed by atoms with Gasteiger partial charge < -0.3 is 9.84 Å². The molecule has 1 aromatic rings. The van der Waals surface area contributed by atoms with Crippen LogP contribution in [0.15, 0.2) is 16.9 Å². The van der Waals surface area contributed by atoms with Crippen LogP contribution in [0.2, 0.25) is 0 Å². The first kappa shape index (κ1) is 13.6. The van der Waals surface area contributed by atoms with E-state index in [2.05, 4.69) is 43.1 Å². The summed E-state index contributed by atoms with van der Waals surface area (Å²) in [5, 5.41) is 7.71. The molecule has 0 amide bonds. The number of hydrogen-bond donors (Lipinski definition) is 1. The molecule has 1 N–H and O–H groups in total. The second-order valence-electron chi connectivity index (χ2n) is 5.99. The summed E-state index contributed by atoms with van der Waals surface area (Å²) in [5.74, 6) is 1.32. The minimum absolute atomic E-state index is 0.576. The summed E-state index contributed by atoms with van der Waals surface area (Å²) in [4.78, 5) is 2.55. The van der Waals surface area contributed by atoms with Crippen molar-refractivity contribution >= 4 is 0 Å². The largest absolute Gasteiger partial charge is 0.364 e. The van der Waals surface area contributed by atoms with E-state index in [1.165, 1.54) is 0 Å².